The van der Waals surface area contributed by atoms with Crippen molar-refractivity contribution >= 4 is 23.4 Å². The van der Waals surface area contributed by atoms with Crippen molar-refractivity contribution in [3.05, 3.63) is 36.1 Å². The van der Waals surface area contributed by atoms with Crippen molar-refractivity contribution in [2.75, 3.05) is 0 Å². The molecule has 0 saturated heterocycles. The van der Waals surface area contributed by atoms with Crippen LogP contribution in [-0.2, 0) is 0 Å². The maximum Gasteiger partial charge on any atom is 0.134 e. The van der Waals surface area contributed by atoms with Gasteiger partial charge in [-0.2, -0.15) is 0 Å². The summed E-state index contributed by atoms with van der Waals surface area (Å²) in [6, 6.07) is 9.86. The van der Waals surface area contributed by atoms with E-state index in [1.54, 1.807) is 0 Å². The van der Waals surface area contributed by atoms with Gasteiger partial charge < -0.3 is 10.2 Å². The third kappa shape index (κ3) is 1.85. The van der Waals surface area contributed by atoms with E-state index < -0.39 is 0 Å². The number of furan rings is 1. The summed E-state index contributed by atoms with van der Waals surface area (Å²) in [6.45, 7) is 1.91. The molecule has 1 atom stereocenters. The Morgan fingerprint density at radius 1 is 1.31 bits per heavy atom. The highest BCUT2D eigenvalue weighted by atomic mass is 35.5. The van der Waals surface area contributed by atoms with Gasteiger partial charge in [0.05, 0.1) is 6.04 Å². The van der Waals surface area contributed by atoms with Crippen LogP contribution < -0.4 is 5.73 Å². The van der Waals surface area contributed by atoms with Crippen LogP contribution >= 0.6 is 12.4 Å². The van der Waals surface area contributed by atoms with Crippen molar-refractivity contribution in [3.8, 4) is 0 Å². The van der Waals surface area contributed by atoms with E-state index in [0.29, 0.717) is 0 Å². The average molecular weight is 198 g/mol. The fourth-order valence-electron chi connectivity index (χ4n) is 1.23. The third-order valence-corrected chi connectivity index (χ3v) is 1.89. The van der Waals surface area contributed by atoms with Crippen molar-refractivity contribution in [1.29, 1.82) is 0 Å². The minimum atomic E-state index is -0.0302. The summed E-state index contributed by atoms with van der Waals surface area (Å²) in [5.41, 5.74) is 6.59. The molecule has 0 fully saturated rings. The lowest BCUT2D eigenvalue weighted by Crippen LogP contribution is -2.02. The Labute approximate surface area is 83.1 Å². The van der Waals surface area contributed by atoms with E-state index in [0.717, 1.165) is 16.7 Å². The van der Waals surface area contributed by atoms with Crippen molar-refractivity contribution < 1.29 is 4.42 Å². The van der Waals surface area contributed by atoms with Gasteiger partial charge in [-0.1, -0.05) is 18.2 Å². The molecule has 0 spiro atoms. The molecule has 2 N–H and O–H groups in total. The number of hydrogen-bond donors (Lipinski definition) is 1. The summed E-state index contributed by atoms with van der Waals surface area (Å²) in [7, 11) is 0. The molecule has 3 heteroatoms. The van der Waals surface area contributed by atoms with Gasteiger partial charge >= 0.3 is 0 Å². The van der Waals surface area contributed by atoms with E-state index >= 15 is 0 Å². The average Bonchev–Trinajstić information content (AvgIpc) is 2.46. The molecule has 0 radical (unpaired) electrons. The van der Waals surface area contributed by atoms with Gasteiger partial charge in [-0.15, -0.1) is 12.4 Å². The Morgan fingerprint density at radius 3 is 2.62 bits per heavy atom. The Morgan fingerprint density at radius 2 is 2.00 bits per heavy atom. The van der Waals surface area contributed by atoms with E-state index in [9.17, 15) is 0 Å². The molecule has 2 rings (SSSR count). The van der Waals surface area contributed by atoms with Crippen molar-refractivity contribution in [2.45, 2.75) is 13.0 Å². The van der Waals surface area contributed by atoms with Crippen molar-refractivity contribution in [3.63, 3.8) is 0 Å². The third-order valence-electron chi connectivity index (χ3n) is 1.89. The number of halogens is 1. The quantitative estimate of drug-likeness (QED) is 0.764. The summed E-state index contributed by atoms with van der Waals surface area (Å²) < 4.78 is 5.50. The normalized spacial score (nSPS) is 12.5. The SMILES string of the molecule is C[C@@H](N)c1cc2ccccc2o1.Cl. The van der Waals surface area contributed by atoms with Crippen LogP contribution in [0, 0.1) is 0 Å². The van der Waals surface area contributed by atoms with Gasteiger partial charge in [0.25, 0.3) is 0 Å². The highest BCUT2D eigenvalue weighted by molar-refractivity contribution is 5.85. The smallest absolute Gasteiger partial charge is 0.134 e. The van der Waals surface area contributed by atoms with Gasteiger partial charge in [-0.05, 0) is 19.1 Å². The van der Waals surface area contributed by atoms with Crippen LogP contribution in [0.15, 0.2) is 34.7 Å². The van der Waals surface area contributed by atoms with Crippen LogP contribution in [-0.4, -0.2) is 0 Å². The Kier molecular flexibility index (Phi) is 2.96. The van der Waals surface area contributed by atoms with Gasteiger partial charge in [-0.3, -0.25) is 0 Å². The van der Waals surface area contributed by atoms with Crippen molar-refractivity contribution in [1.82, 2.24) is 0 Å². The van der Waals surface area contributed by atoms with E-state index in [2.05, 4.69) is 0 Å². The molecule has 0 unspecified atom stereocenters. The lowest BCUT2D eigenvalue weighted by atomic mass is 10.2. The maximum absolute atomic E-state index is 5.68. The second-order valence-corrected chi connectivity index (χ2v) is 2.98. The lowest BCUT2D eigenvalue weighted by molar-refractivity contribution is 0.513. The molecule has 13 heavy (non-hydrogen) atoms. The van der Waals surface area contributed by atoms with Crippen LogP contribution in [0.2, 0.25) is 0 Å². The number of rotatable bonds is 1. The minimum Gasteiger partial charge on any atom is -0.459 e. The molecule has 0 amide bonds. The number of fused-ring (bicyclic) bond motifs is 1. The van der Waals surface area contributed by atoms with E-state index in [4.69, 9.17) is 10.2 Å². The minimum absolute atomic E-state index is 0. The van der Waals surface area contributed by atoms with Gasteiger partial charge in [0.1, 0.15) is 11.3 Å². The number of para-hydroxylation sites is 1. The summed E-state index contributed by atoms with van der Waals surface area (Å²) in [5.74, 6) is 0.844. The molecule has 0 aliphatic carbocycles. The van der Waals surface area contributed by atoms with Gasteiger partial charge in [0, 0.05) is 5.39 Å². The Balaban J connectivity index is 0.000000845. The molecule has 1 aromatic carbocycles. The molecule has 70 valence electrons. The maximum atomic E-state index is 5.68. The topological polar surface area (TPSA) is 39.2 Å². The second-order valence-electron chi connectivity index (χ2n) is 2.98. The predicted molar refractivity (Wildman–Crippen MR) is 56.1 cm³/mol. The first kappa shape index (κ1) is 10.1. The highest BCUT2D eigenvalue weighted by Crippen LogP contribution is 2.21. The van der Waals surface area contributed by atoms with Crippen molar-refractivity contribution in [2.24, 2.45) is 5.73 Å². The molecule has 1 aromatic heterocycles. The fraction of sp³-hybridized carbons (Fsp3) is 0.200. The molecular weight excluding hydrogens is 186 g/mol. The zero-order chi connectivity index (χ0) is 8.55. The molecule has 0 aliphatic heterocycles. The fourth-order valence-corrected chi connectivity index (χ4v) is 1.23. The summed E-state index contributed by atoms with van der Waals surface area (Å²) in [6.07, 6.45) is 0. The number of nitrogens with two attached hydrogens (primary N) is 1. The Hall–Kier alpha value is -0.990. The zero-order valence-electron chi connectivity index (χ0n) is 7.36. The second kappa shape index (κ2) is 3.81. The first-order chi connectivity index (χ1) is 5.77. The lowest BCUT2D eigenvalue weighted by Gasteiger charge is -1.96. The van der Waals surface area contributed by atoms with Gasteiger partial charge in [0.2, 0.25) is 0 Å². The van der Waals surface area contributed by atoms with Crippen LogP contribution in [0.3, 0.4) is 0 Å². The van der Waals surface area contributed by atoms with E-state index in [1.807, 2.05) is 37.3 Å². The van der Waals surface area contributed by atoms with Crippen LogP contribution in [0.25, 0.3) is 11.0 Å². The molecule has 2 aromatic rings. The number of hydrogen-bond acceptors (Lipinski definition) is 2. The Bertz CT molecular complexity index is 361. The first-order valence-corrected chi connectivity index (χ1v) is 4.01. The van der Waals surface area contributed by atoms with Crippen LogP contribution in [0.5, 0.6) is 0 Å². The summed E-state index contributed by atoms with van der Waals surface area (Å²) in [5, 5.41) is 1.12. The first-order valence-electron chi connectivity index (χ1n) is 4.01. The largest absolute Gasteiger partial charge is 0.459 e. The molecular formula is C10H12ClNO. The molecule has 2 nitrogen and oxygen atoms in total. The zero-order valence-corrected chi connectivity index (χ0v) is 8.17. The van der Waals surface area contributed by atoms with E-state index in [1.165, 1.54) is 0 Å². The predicted octanol–water partition coefficient (Wildman–Crippen LogP) is 2.87. The summed E-state index contributed by atoms with van der Waals surface area (Å²) >= 11 is 0. The van der Waals surface area contributed by atoms with Gasteiger partial charge in [0.15, 0.2) is 0 Å². The molecule has 1 heterocycles. The molecule has 0 saturated carbocycles. The van der Waals surface area contributed by atoms with Crippen LogP contribution in [0.4, 0.5) is 0 Å². The van der Waals surface area contributed by atoms with Crippen LogP contribution in [0.1, 0.15) is 18.7 Å². The summed E-state index contributed by atoms with van der Waals surface area (Å²) in [4.78, 5) is 0. The van der Waals surface area contributed by atoms with E-state index in [-0.39, 0.29) is 18.4 Å². The van der Waals surface area contributed by atoms with Gasteiger partial charge in [-0.25, -0.2) is 0 Å². The molecule has 0 bridgehead atoms. The molecule has 0 aliphatic rings. The number of benzene rings is 1. The monoisotopic (exact) mass is 197 g/mol. The highest BCUT2D eigenvalue weighted by Gasteiger charge is 2.05. The standard InChI is InChI=1S/C10H11NO.ClH/c1-7(11)10-6-8-4-2-3-5-9(8)12-10;/h2-7H,11H2,1H3;1H/t7-;/m1./s1.